The molecule has 6 heteroatoms. The smallest absolute Gasteiger partial charge is 0.303 e. The number of unbranched alkanes of at least 4 members (excludes halogenated alkanes) is 1. The molecule has 0 aliphatic heterocycles. The van der Waals surface area contributed by atoms with Crippen LogP contribution in [-0.4, -0.2) is 18.2 Å². The van der Waals surface area contributed by atoms with Gasteiger partial charge in [-0.3, -0.25) is 4.79 Å². The van der Waals surface area contributed by atoms with E-state index in [9.17, 15) is 13.6 Å². The number of hydrogen-bond acceptors (Lipinski definition) is 3. The van der Waals surface area contributed by atoms with Crippen LogP contribution >= 0.6 is 0 Å². The molecule has 0 unspecified atom stereocenters. The maximum Gasteiger partial charge on any atom is 0.303 e. The van der Waals surface area contributed by atoms with Crippen LogP contribution in [0.1, 0.15) is 62.6 Å². The van der Waals surface area contributed by atoms with Crippen molar-refractivity contribution in [1.29, 1.82) is 0 Å². The van der Waals surface area contributed by atoms with Gasteiger partial charge in [0.15, 0.2) is 0 Å². The summed E-state index contributed by atoms with van der Waals surface area (Å²) in [5, 5.41) is 8.81. The molecule has 1 N–H and O–H groups in total. The van der Waals surface area contributed by atoms with Gasteiger partial charge in [0.05, 0.1) is 7.11 Å². The first-order valence-electron chi connectivity index (χ1n) is 13.0. The molecule has 3 aromatic rings. The first-order chi connectivity index (χ1) is 18.2. The van der Waals surface area contributed by atoms with Crippen molar-refractivity contribution in [3.8, 4) is 22.6 Å². The van der Waals surface area contributed by atoms with Gasteiger partial charge in [-0.05, 0) is 102 Å². The number of aliphatic carboxylic acids is 1. The van der Waals surface area contributed by atoms with E-state index in [1.807, 2.05) is 18.2 Å². The maximum absolute atomic E-state index is 15.0. The first-order valence-corrected chi connectivity index (χ1v) is 13.0. The second kappa shape index (κ2) is 11.8. The quantitative estimate of drug-likeness (QED) is 0.259. The van der Waals surface area contributed by atoms with Gasteiger partial charge in [-0.25, -0.2) is 8.78 Å². The Labute approximate surface area is 222 Å². The van der Waals surface area contributed by atoms with E-state index >= 15 is 0 Å². The lowest BCUT2D eigenvalue weighted by atomic mass is 9.79. The van der Waals surface area contributed by atoms with Crippen molar-refractivity contribution in [1.82, 2.24) is 0 Å². The minimum atomic E-state index is -0.829. The molecule has 0 saturated carbocycles. The van der Waals surface area contributed by atoms with Crippen molar-refractivity contribution in [2.24, 2.45) is 5.41 Å². The number of carboxylic acids is 1. The van der Waals surface area contributed by atoms with E-state index in [2.05, 4.69) is 19.9 Å². The Morgan fingerprint density at radius 1 is 0.921 bits per heavy atom. The van der Waals surface area contributed by atoms with Gasteiger partial charge in [-0.1, -0.05) is 32.1 Å². The molecule has 0 fully saturated rings. The molecular weight excluding hydrogens is 486 g/mol. The van der Waals surface area contributed by atoms with Crippen LogP contribution in [-0.2, 0) is 17.8 Å². The number of benzene rings is 3. The minimum Gasteiger partial charge on any atom is -0.497 e. The lowest BCUT2D eigenvalue weighted by Gasteiger charge is -2.25. The van der Waals surface area contributed by atoms with Crippen LogP contribution in [0.2, 0.25) is 0 Å². The van der Waals surface area contributed by atoms with Crippen LogP contribution in [0, 0.1) is 17.0 Å². The predicted octanol–water partition coefficient (Wildman–Crippen LogP) is 8.22. The van der Waals surface area contributed by atoms with Crippen LogP contribution < -0.4 is 9.47 Å². The minimum absolute atomic E-state index is 0.0539. The molecular formula is C32H34F2O4. The van der Waals surface area contributed by atoms with E-state index in [4.69, 9.17) is 14.6 Å². The Morgan fingerprint density at radius 2 is 1.74 bits per heavy atom. The van der Waals surface area contributed by atoms with Crippen LogP contribution in [0.15, 0.2) is 60.7 Å². The zero-order valence-electron chi connectivity index (χ0n) is 22.2. The van der Waals surface area contributed by atoms with E-state index in [1.165, 1.54) is 23.8 Å². The van der Waals surface area contributed by atoms with Crippen LogP contribution in [0.5, 0.6) is 11.5 Å². The Bertz CT molecular complexity index is 1340. The lowest BCUT2D eigenvalue weighted by Crippen LogP contribution is -2.10. The summed E-state index contributed by atoms with van der Waals surface area (Å²) in [5.74, 6) is -0.529. The summed E-state index contributed by atoms with van der Waals surface area (Å²) < 4.78 is 40.6. The molecule has 0 radical (unpaired) electrons. The fraction of sp³-hybridized carbons (Fsp3) is 0.344. The maximum atomic E-state index is 15.0. The Kier molecular flexibility index (Phi) is 8.50. The number of carboxylic acid groups (broad SMARTS) is 1. The van der Waals surface area contributed by atoms with Crippen molar-refractivity contribution in [2.45, 2.75) is 59.0 Å². The largest absolute Gasteiger partial charge is 0.497 e. The lowest BCUT2D eigenvalue weighted by molar-refractivity contribution is -0.137. The van der Waals surface area contributed by atoms with Crippen molar-refractivity contribution >= 4 is 11.5 Å². The van der Waals surface area contributed by atoms with Crippen molar-refractivity contribution in [3.63, 3.8) is 0 Å². The first kappa shape index (κ1) is 27.4. The van der Waals surface area contributed by atoms with Crippen LogP contribution in [0.25, 0.3) is 16.7 Å². The fourth-order valence-electron chi connectivity index (χ4n) is 5.06. The molecule has 38 heavy (non-hydrogen) atoms. The highest BCUT2D eigenvalue weighted by Crippen LogP contribution is 2.47. The molecule has 0 heterocycles. The third-order valence-electron chi connectivity index (χ3n) is 7.13. The van der Waals surface area contributed by atoms with Crippen LogP contribution in [0.3, 0.4) is 0 Å². The third-order valence-corrected chi connectivity index (χ3v) is 7.13. The summed E-state index contributed by atoms with van der Waals surface area (Å²) in [5.41, 5.74) is 5.01. The molecule has 4 nitrogen and oxygen atoms in total. The average Bonchev–Trinajstić information content (AvgIpc) is 3.24. The number of allylic oxidation sites excluding steroid dienone is 2. The molecule has 200 valence electrons. The van der Waals surface area contributed by atoms with Crippen LogP contribution in [0.4, 0.5) is 8.78 Å². The summed E-state index contributed by atoms with van der Waals surface area (Å²) >= 11 is 0. The molecule has 1 aliphatic rings. The standard InChI is InChI=1S/C32H34F2O4/c1-32(2)14-6-8-29(32)27-17-22(10-12-26(27)28-19-24(37-3)11-13-30(28)34)20-38-25-16-21(15-23(33)18-25)7-4-5-9-31(35)36/h8,10-13,15-19H,4-7,9,14,20H2,1-3H3,(H,35,36). The zero-order valence-corrected chi connectivity index (χ0v) is 22.2. The van der Waals surface area contributed by atoms with Gasteiger partial charge in [-0.15, -0.1) is 0 Å². The number of methoxy groups -OCH3 is 1. The molecule has 3 aromatic carbocycles. The zero-order chi connectivity index (χ0) is 27.3. The second-order valence-electron chi connectivity index (χ2n) is 10.5. The number of halogens is 2. The second-order valence-corrected chi connectivity index (χ2v) is 10.5. The van der Waals surface area contributed by atoms with Gasteiger partial charge in [0.25, 0.3) is 0 Å². The van der Waals surface area contributed by atoms with Gasteiger partial charge in [0.2, 0.25) is 0 Å². The van der Waals surface area contributed by atoms with Crippen molar-refractivity contribution < 1.29 is 28.2 Å². The molecule has 0 bridgehead atoms. The van der Waals surface area contributed by atoms with Gasteiger partial charge in [0, 0.05) is 18.1 Å². The Morgan fingerprint density at radius 3 is 2.45 bits per heavy atom. The van der Waals surface area contributed by atoms with Gasteiger partial charge < -0.3 is 14.6 Å². The topological polar surface area (TPSA) is 55.8 Å². The van der Waals surface area contributed by atoms with Gasteiger partial charge >= 0.3 is 5.97 Å². The summed E-state index contributed by atoms with van der Waals surface area (Å²) in [6.07, 6.45) is 6.08. The number of hydrogen-bond donors (Lipinski definition) is 1. The summed E-state index contributed by atoms with van der Waals surface area (Å²) in [7, 11) is 1.56. The van der Waals surface area contributed by atoms with Crippen molar-refractivity contribution in [2.75, 3.05) is 7.11 Å². The third kappa shape index (κ3) is 6.60. The van der Waals surface area contributed by atoms with E-state index in [-0.39, 0.29) is 24.3 Å². The average molecular weight is 521 g/mol. The number of ether oxygens (including phenoxy) is 2. The number of carbonyl (C=O) groups is 1. The van der Waals surface area contributed by atoms with E-state index in [0.717, 1.165) is 35.1 Å². The summed E-state index contributed by atoms with van der Waals surface area (Å²) in [6.45, 7) is 4.63. The highest BCUT2D eigenvalue weighted by Gasteiger charge is 2.30. The van der Waals surface area contributed by atoms with E-state index in [1.54, 1.807) is 25.3 Å². The normalized spacial score (nSPS) is 14.3. The molecule has 0 spiro atoms. The molecule has 1 aliphatic carbocycles. The predicted molar refractivity (Wildman–Crippen MR) is 145 cm³/mol. The number of rotatable bonds is 11. The van der Waals surface area contributed by atoms with Gasteiger partial charge in [0.1, 0.15) is 29.7 Å². The van der Waals surface area contributed by atoms with E-state index < -0.39 is 11.8 Å². The fourth-order valence-corrected chi connectivity index (χ4v) is 5.06. The monoisotopic (exact) mass is 520 g/mol. The molecule has 0 saturated heterocycles. The van der Waals surface area contributed by atoms with E-state index in [0.29, 0.717) is 36.3 Å². The Balaban J connectivity index is 1.60. The highest BCUT2D eigenvalue weighted by molar-refractivity contribution is 5.85. The van der Waals surface area contributed by atoms with Crippen molar-refractivity contribution in [3.05, 3.63) is 89.0 Å². The SMILES string of the molecule is COc1ccc(F)c(-c2ccc(COc3cc(F)cc(CCCCC(=O)O)c3)cc2C2=CCCC2(C)C)c1. The molecule has 0 amide bonds. The number of aryl methyl sites for hydroxylation is 1. The Hall–Kier alpha value is -3.67. The summed E-state index contributed by atoms with van der Waals surface area (Å²) in [4.78, 5) is 10.7. The summed E-state index contributed by atoms with van der Waals surface area (Å²) in [6, 6.07) is 15.2. The molecule has 4 rings (SSSR count). The van der Waals surface area contributed by atoms with Gasteiger partial charge in [-0.2, -0.15) is 0 Å². The molecule has 0 aromatic heterocycles. The molecule has 0 atom stereocenters. The highest BCUT2D eigenvalue weighted by atomic mass is 19.1.